The number of nitro groups is 2. The summed E-state index contributed by atoms with van der Waals surface area (Å²) in [5.74, 6) is -0.00636. The lowest BCUT2D eigenvalue weighted by Gasteiger charge is -2.23. The number of hydrogen-bond donors (Lipinski definition) is 0. The van der Waals surface area contributed by atoms with Gasteiger partial charge >= 0.3 is 7.82 Å². The first-order valence-electron chi connectivity index (χ1n) is 21.2. The van der Waals surface area contributed by atoms with Gasteiger partial charge in [-0.3, -0.25) is 24.8 Å². The molecule has 0 heterocycles. The monoisotopic (exact) mass is 832 g/mol. The van der Waals surface area contributed by atoms with Gasteiger partial charge in [0.2, 0.25) is 0 Å². The maximum Gasteiger partial charge on any atom is 0.587 e. The summed E-state index contributed by atoms with van der Waals surface area (Å²) < 4.78 is 43.7. The number of ether oxygens (including phenoxy) is 2. The van der Waals surface area contributed by atoms with Crippen LogP contribution in [-0.4, -0.2) is 35.8 Å². The molecule has 0 radical (unpaired) electrons. The Morgan fingerprint density at radius 3 is 1.44 bits per heavy atom. The molecule has 4 aromatic rings. The Bertz CT molecular complexity index is 1750. The van der Waals surface area contributed by atoms with Crippen LogP contribution in [0.5, 0.6) is 11.5 Å². The highest BCUT2D eigenvalue weighted by atomic mass is 31.2. The van der Waals surface area contributed by atoms with Crippen molar-refractivity contribution in [1.82, 2.24) is 0 Å². The molecule has 0 saturated heterocycles. The van der Waals surface area contributed by atoms with Gasteiger partial charge in [0.05, 0.1) is 29.7 Å². The highest BCUT2D eigenvalue weighted by molar-refractivity contribution is 7.49. The molecule has 0 aliphatic rings. The third-order valence-corrected chi connectivity index (χ3v) is 11.3. The molecule has 4 aromatic carbocycles. The lowest BCUT2D eigenvalue weighted by Crippen LogP contribution is -2.26. The summed E-state index contributed by atoms with van der Waals surface area (Å²) in [4.78, 5) is 21.3. The first kappa shape index (κ1) is 47.1. The fourth-order valence-electron chi connectivity index (χ4n) is 6.51. The van der Waals surface area contributed by atoms with E-state index in [1.54, 1.807) is 0 Å². The van der Waals surface area contributed by atoms with Gasteiger partial charge in [-0.15, -0.1) is 0 Å². The van der Waals surface area contributed by atoms with Crippen molar-refractivity contribution in [3.8, 4) is 22.6 Å². The van der Waals surface area contributed by atoms with Gasteiger partial charge in [-0.1, -0.05) is 158 Å². The van der Waals surface area contributed by atoms with Gasteiger partial charge in [0, 0.05) is 30.9 Å². The van der Waals surface area contributed by atoms with Gasteiger partial charge in [-0.25, -0.2) is 4.57 Å². The Kier molecular flexibility index (Phi) is 21.7. The fraction of sp³-hybridized carbons (Fsp3) is 0.478. The van der Waals surface area contributed by atoms with Crippen molar-refractivity contribution in [2.45, 2.75) is 122 Å². The third kappa shape index (κ3) is 18.9. The molecule has 0 spiro atoms. The number of benzene rings is 4. The van der Waals surface area contributed by atoms with Crippen LogP contribution in [-0.2, 0) is 25.2 Å². The van der Waals surface area contributed by atoms with E-state index in [-0.39, 0.29) is 42.7 Å². The summed E-state index contributed by atoms with van der Waals surface area (Å²) in [5.41, 5.74) is 2.72. The Hall–Kier alpha value is -4.61. The highest BCUT2D eigenvalue weighted by Gasteiger charge is 2.33. The smallest absolute Gasteiger partial charge is 0.395 e. The molecular formula is C46H61N2O10P. The molecule has 0 fully saturated rings. The molecule has 0 aliphatic heterocycles. The SMILES string of the molecule is CCCCCCCCCCCCCCCCCCOC[C@H](COP(=O)(Oc1ccc([N+](=O)[O-])cc1)Oc1ccc([N+](=O)[O-])cc1)OCc1ccc(-c2ccccc2)cc1. The van der Waals surface area contributed by atoms with Crippen molar-refractivity contribution in [3.05, 3.63) is 129 Å². The van der Waals surface area contributed by atoms with Crippen LogP contribution < -0.4 is 9.05 Å². The number of nitrogens with zero attached hydrogens (tertiary/aromatic N) is 2. The molecule has 0 aliphatic carbocycles. The van der Waals surface area contributed by atoms with E-state index < -0.39 is 23.8 Å². The second kappa shape index (κ2) is 27.2. The number of phosphoric ester groups is 1. The van der Waals surface area contributed by atoms with Crippen molar-refractivity contribution in [2.75, 3.05) is 19.8 Å². The Morgan fingerprint density at radius 1 is 0.542 bits per heavy atom. The number of rotatable bonds is 32. The zero-order valence-electron chi connectivity index (χ0n) is 34.5. The van der Waals surface area contributed by atoms with Crippen LogP contribution in [0.2, 0.25) is 0 Å². The molecule has 0 bridgehead atoms. The van der Waals surface area contributed by atoms with Crippen LogP contribution in [0.15, 0.2) is 103 Å². The molecule has 0 saturated carbocycles. The van der Waals surface area contributed by atoms with Gasteiger partial charge < -0.3 is 18.5 Å². The number of non-ortho nitro benzene ring substituents is 2. The number of nitro benzene ring substituents is 2. The lowest BCUT2D eigenvalue weighted by molar-refractivity contribution is -0.385. The van der Waals surface area contributed by atoms with Crippen LogP contribution in [0.4, 0.5) is 11.4 Å². The molecule has 4 rings (SSSR count). The molecule has 59 heavy (non-hydrogen) atoms. The van der Waals surface area contributed by atoms with E-state index in [0.29, 0.717) is 6.61 Å². The first-order valence-corrected chi connectivity index (χ1v) is 22.7. The third-order valence-electron chi connectivity index (χ3n) is 9.94. The van der Waals surface area contributed by atoms with Crippen molar-refractivity contribution >= 4 is 19.2 Å². The topological polar surface area (TPSA) is 150 Å². The van der Waals surface area contributed by atoms with Crippen molar-refractivity contribution in [3.63, 3.8) is 0 Å². The molecule has 1 atom stereocenters. The number of hydrogen-bond acceptors (Lipinski definition) is 10. The van der Waals surface area contributed by atoms with E-state index in [4.69, 9.17) is 23.0 Å². The number of phosphoric acid groups is 1. The minimum Gasteiger partial charge on any atom is -0.395 e. The summed E-state index contributed by atoms with van der Waals surface area (Å²) in [6.07, 6.45) is 19.9. The van der Waals surface area contributed by atoms with E-state index >= 15 is 0 Å². The van der Waals surface area contributed by atoms with E-state index in [1.165, 1.54) is 132 Å². The standard InChI is InChI=1S/C46H61N2O10P/c1-2-3-4-5-6-7-8-9-10-11-12-13-14-15-16-20-35-54-37-46(55-36-39-23-25-41(26-24-39)40-21-18-17-19-22-40)38-56-59(53,57-44-31-27-42(28-32-44)47(49)50)58-45-33-29-43(30-34-45)48(51)52/h17-19,21-34,46H,2-16,20,35-38H2,1H3/t46-/m1/s1. The molecule has 0 unspecified atom stereocenters. The first-order chi connectivity index (χ1) is 28.7. The summed E-state index contributed by atoms with van der Waals surface area (Å²) in [7, 11) is -4.48. The molecule has 12 nitrogen and oxygen atoms in total. The predicted octanol–water partition coefficient (Wildman–Crippen LogP) is 13.6. The van der Waals surface area contributed by atoms with Gasteiger partial charge in [0.15, 0.2) is 0 Å². The largest absolute Gasteiger partial charge is 0.587 e. The zero-order valence-corrected chi connectivity index (χ0v) is 35.4. The van der Waals surface area contributed by atoms with E-state index in [2.05, 4.69) is 6.92 Å². The predicted molar refractivity (Wildman–Crippen MR) is 232 cm³/mol. The van der Waals surface area contributed by atoms with Crippen LogP contribution in [0.3, 0.4) is 0 Å². The van der Waals surface area contributed by atoms with Crippen LogP contribution in [0, 0.1) is 20.2 Å². The van der Waals surface area contributed by atoms with Crippen molar-refractivity contribution in [2.24, 2.45) is 0 Å². The minimum atomic E-state index is -4.48. The minimum absolute atomic E-state index is 0.00318. The van der Waals surface area contributed by atoms with Gasteiger partial charge in [0.25, 0.3) is 11.4 Å². The zero-order chi connectivity index (χ0) is 42.0. The van der Waals surface area contributed by atoms with Crippen LogP contribution >= 0.6 is 7.82 Å². The second-order valence-electron chi connectivity index (χ2n) is 14.8. The average molecular weight is 833 g/mol. The van der Waals surface area contributed by atoms with Crippen LogP contribution in [0.25, 0.3) is 11.1 Å². The average Bonchev–Trinajstić information content (AvgIpc) is 3.24. The quantitative estimate of drug-likeness (QED) is 0.0201. The summed E-state index contributed by atoms with van der Waals surface area (Å²) in [6.45, 7) is 2.91. The lowest BCUT2D eigenvalue weighted by atomic mass is 10.0. The maximum absolute atomic E-state index is 14.2. The van der Waals surface area contributed by atoms with E-state index in [9.17, 15) is 24.8 Å². The molecular weight excluding hydrogens is 771 g/mol. The van der Waals surface area contributed by atoms with Gasteiger partial charge in [0.1, 0.15) is 17.6 Å². The fourth-order valence-corrected chi connectivity index (χ4v) is 7.76. The van der Waals surface area contributed by atoms with Crippen molar-refractivity contribution < 1.29 is 37.5 Å². The highest BCUT2D eigenvalue weighted by Crippen LogP contribution is 2.50. The second-order valence-corrected chi connectivity index (χ2v) is 16.3. The molecule has 320 valence electrons. The Labute approximate surface area is 349 Å². The van der Waals surface area contributed by atoms with Crippen LogP contribution in [0.1, 0.15) is 115 Å². The molecule has 0 N–H and O–H groups in total. The summed E-state index contributed by atoms with van der Waals surface area (Å²) in [5, 5.41) is 22.4. The molecule has 0 amide bonds. The molecule has 0 aromatic heterocycles. The maximum atomic E-state index is 14.2. The Balaban J connectivity index is 1.28. The van der Waals surface area contributed by atoms with E-state index in [0.717, 1.165) is 36.0 Å². The molecule has 13 heteroatoms. The van der Waals surface area contributed by atoms with E-state index in [1.807, 2.05) is 54.6 Å². The van der Waals surface area contributed by atoms with Gasteiger partial charge in [-0.05, 0) is 47.4 Å². The van der Waals surface area contributed by atoms with Gasteiger partial charge in [-0.2, -0.15) is 0 Å². The normalized spacial score (nSPS) is 11.9. The Morgan fingerprint density at radius 2 is 0.983 bits per heavy atom. The van der Waals surface area contributed by atoms with Crippen molar-refractivity contribution in [1.29, 1.82) is 0 Å². The summed E-state index contributed by atoms with van der Waals surface area (Å²) in [6, 6.07) is 28.0. The number of unbranched alkanes of at least 4 members (excludes halogenated alkanes) is 15. The summed E-state index contributed by atoms with van der Waals surface area (Å²) >= 11 is 0.